The second kappa shape index (κ2) is 9.36. The van der Waals surface area contributed by atoms with Crippen LogP contribution < -0.4 is 24.4 Å². The van der Waals surface area contributed by atoms with E-state index < -0.39 is 12.0 Å². The predicted octanol–water partition coefficient (Wildman–Crippen LogP) is 3.27. The molecular weight excluding hydrogens is 460 g/mol. The summed E-state index contributed by atoms with van der Waals surface area (Å²) in [6.07, 6.45) is 1.51. The lowest BCUT2D eigenvalue weighted by atomic mass is 10.0. The third-order valence-corrected chi connectivity index (χ3v) is 7.01. The van der Waals surface area contributed by atoms with Gasteiger partial charge in [0, 0.05) is 4.88 Å². The summed E-state index contributed by atoms with van der Waals surface area (Å²) in [6, 6.07) is 8.69. The standard InChI is InChI=1S/C24H24N2O5S2/c1-13(2)31-23(28)20-14(3)25-24-26(21(20)18-7-6-10-32-18)22(27)19(33-24)12-15-8-9-16(29-4)17(11-15)30-5/h6-13,21H,1-5H3/b19-12+/t21-/m1/s1. The maximum Gasteiger partial charge on any atom is 0.338 e. The highest BCUT2D eigenvalue weighted by Crippen LogP contribution is 2.33. The third-order valence-electron chi connectivity index (χ3n) is 5.10. The molecule has 0 bridgehead atoms. The van der Waals surface area contributed by atoms with E-state index in [1.54, 1.807) is 51.7 Å². The van der Waals surface area contributed by atoms with Gasteiger partial charge < -0.3 is 14.2 Å². The van der Waals surface area contributed by atoms with Crippen molar-refractivity contribution in [2.75, 3.05) is 14.2 Å². The lowest BCUT2D eigenvalue weighted by molar-refractivity contribution is -0.143. The van der Waals surface area contributed by atoms with E-state index in [4.69, 9.17) is 14.2 Å². The highest BCUT2D eigenvalue weighted by Gasteiger charge is 2.34. The quantitative estimate of drug-likeness (QED) is 0.502. The van der Waals surface area contributed by atoms with Crippen LogP contribution in [0.25, 0.3) is 6.08 Å². The molecule has 3 aromatic rings. The zero-order valence-electron chi connectivity index (χ0n) is 18.9. The van der Waals surface area contributed by atoms with Gasteiger partial charge in [-0.1, -0.05) is 23.5 Å². The first-order chi connectivity index (χ1) is 15.8. The molecule has 0 radical (unpaired) electrons. The summed E-state index contributed by atoms with van der Waals surface area (Å²) >= 11 is 2.77. The van der Waals surface area contributed by atoms with Crippen LogP contribution >= 0.6 is 22.7 Å². The average Bonchev–Trinajstić information content (AvgIpc) is 3.41. The van der Waals surface area contributed by atoms with Crippen LogP contribution in [0.15, 0.2) is 56.8 Å². The predicted molar refractivity (Wildman–Crippen MR) is 129 cm³/mol. The van der Waals surface area contributed by atoms with E-state index in [1.807, 2.05) is 29.6 Å². The number of thiophene rings is 1. The van der Waals surface area contributed by atoms with Gasteiger partial charge in [0.15, 0.2) is 16.3 Å². The number of allylic oxidation sites excluding steroid dienone is 1. The number of hydrogen-bond acceptors (Lipinski definition) is 8. The molecule has 0 unspecified atom stereocenters. The molecule has 1 aliphatic heterocycles. The van der Waals surface area contributed by atoms with E-state index in [2.05, 4.69) is 4.99 Å². The summed E-state index contributed by atoms with van der Waals surface area (Å²) < 4.78 is 18.3. The van der Waals surface area contributed by atoms with Crippen molar-refractivity contribution in [3.05, 3.63) is 77.1 Å². The van der Waals surface area contributed by atoms with Crippen LogP contribution in [-0.4, -0.2) is 30.9 Å². The fraction of sp³-hybridized carbons (Fsp3) is 0.292. The summed E-state index contributed by atoms with van der Waals surface area (Å²) in [7, 11) is 3.14. The van der Waals surface area contributed by atoms with Gasteiger partial charge in [-0.2, -0.15) is 0 Å². The molecule has 0 saturated carbocycles. The van der Waals surface area contributed by atoms with Crippen LogP contribution in [0.5, 0.6) is 11.5 Å². The number of methoxy groups -OCH3 is 2. The second-order valence-corrected chi connectivity index (χ2v) is 9.65. The Labute approximate surface area is 198 Å². The van der Waals surface area contributed by atoms with Crippen molar-refractivity contribution in [3.63, 3.8) is 0 Å². The van der Waals surface area contributed by atoms with Crippen LogP contribution in [0, 0.1) is 0 Å². The Hall–Kier alpha value is -3.17. The van der Waals surface area contributed by atoms with Crippen LogP contribution in [0.2, 0.25) is 0 Å². The summed E-state index contributed by atoms with van der Waals surface area (Å²) in [4.78, 5) is 32.6. The third kappa shape index (κ3) is 4.38. The first-order valence-electron chi connectivity index (χ1n) is 10.3. The molecule has 172 valence electrons. The number of nitrogens with zero attached hydrogens (tertiary/aromatic N) is 2. The zero-order chi connectivity index (χ0) is 23.7. The SMILES string of the molecule is COc1ccc(/C=c2/sc3n(c2=O)[C@H](c2cccs2)C(C(=O)OC(C)C)=C(C)N=3)cc1OC. The van der Waals surface area contributed by atoms with E-state index >= 15 is 0 Å². The minimum Gasteiger partial charge on any atom is -0.493 e. The van der Waals surface area contributed by atoms with E-state index in [1.165, 1.54) is 22.7 Å². The molecule has 1 aromatic carbocycles. The summed E-state index contributed by atoms with van der Waals surface area (Å²) in [5.74, 6) is 0.724. The molecule has 4 rings (SSSR count). The fourth-order valence-corrected chi connectivity index (χ4v) is 5.54. The van der Waals surface area contributed by atoms with Crippen molar-refractivity contribution in [2.24, 2.45) is 4.99 Å². The largest absolute Gasteiger partial charge is 0.493 e. The normalized spacial score (nSPS) is 15.9. The molecule has 3 heterocycles. The molecule has 1 atom stereocenters. The number of carbonyl (C=O) groups excluding carboxylic acids is 1. The molecule has 0 N–H and O–H groups in total. The Morgan fingerprint density at radius 3 is 2.58 bits per heavy atom. The average molecular weight is 485 g/mol. The van der Waals surface area contributed by atoms with Gasteiger partial charge in [0.25, 0.3) is 5.56 Å². The maximum atomic E-state index is 13.6. The minimum atomic E-state index is -0.583. The Morgan fingerprint density at radius 2 is 1.94 bits per heavy atom. The van der Waals surface area contributed by atoms with Gasteiger partial charge in [-0.25, -0.2) is 9.79 Å². The first kappa shape index (κ1) is 23.0. The molecule has 2 aromatic heterocycles. The number of hydrogen-bond donors (Lipinski definition) is 0. The topological polar surface area (TPSA) is 79.1 Å². The van der Waals surface area contributed by atoms with Crippen LogP contribution in [0.1, 0.15) is 37.3 Å². The van der Waals surface area contributed by atoms with Crippen molar-refractivity contribution in [1.82, 2.24) is 4.57 Å². The van der Waals surface area contributed by atoms with E-state index in [9.17, 15) is 9.59 Å². The molecule has 0 fully saturated rings. The molecule has 33 heavy (non-hydrogen) atoms. The first-order valence-corrected chi connectivity index (χ1v) is 12.0. The molecule has 7 nitrogen and oxygen atoms in total. The lowest BCUT2D eigenvalue weighted by Crippen LogP contribution is -2.39. The lowest BCUT2D eigenvalue weighted by Gasteiger charge is -2.24. The van der Waals surface area contributed by atoms with Gasteiger partial charge in [0.2, 0.25) is 0 Å². The van der Waals surface area contributed by atoms with Gasteiger partial charge >= 0.3 is 5.97 Å². The molecule has 0 spiro atoms. The van der Waals surface area contributed by atoms with Crippen molar-refractivity contribution in [2.45, 2.75) is 32.9 Å². The summed E-state index contributed by atoms with van der Waals surface area (Å²) in [5.41, 5.74) is 1.52. The molecule has 9 heteroatoms. The van der Waals surface area contributed by atoms with Gasteiger partial charge in [-0.15, -0.1) is 11.3 Å². The van der Waals surface area contributed by atoms with E-state index in [0.29, 0.717) is 32.1 Å². The number of thiazole rings is 1. The Bertz CT molecular complexity index is 1400. The minimum absolute atomic E-state index is 0.214. The Morgan fingerprint density at radius 1 is 1.18 bits per heavy atom. The Balaban J connectivity index is 1.89. The number of carbonyl (C=O) groups is 1. The number of fused-ring (bicyclic) bond motifs is 1. The van der Waals surface area contributed by atoms with Crippen molar-refractivity contribution in [1.29, 1.82) is 0 Å². The van der Waals surface area contributed by atoms with Crippen molar-refractivity contribution in [3.8, 4) is 11.5 Å². The van der Waals surface area contributed by atoms with E-state index in [-0.39, 0.29) is 11.7 Å². The molecule has 1 aliphatic rings. The maximum absolute atomic E-state index is 13.6. The van der Waals surface area contributed by atoms with Gasteiger partial charge in [-0.05, 0) is 56.0 Å². The highest BCUT2D eigenvalue weighted by atomic mass is 32.1. The number of ether oxygens (including phenoxy) is 3. The smallest absolute Gasteiger partial charge is 0.338 e. The van der Waals surface area contributed by atoms with E-state index in [0.717, 1.165) is 10.4 Å². The summed E-state index contributed by atoms with van der Waals surface area (Å²) in [6.45, 7) is 5.38. The van der Waals surface area contributed by atoms with Crippen molar-refractivity contribution < 1.29 is 19.0 Å². The molecule has 0 aliphatic carbocycles. The molecule has 0 saturated heterocycles. The number of esters is 1. The van der Waals surface area contributed by atoms with Gasteiger partial charge in [-0.3, -0.25) is 9.36 Å². The number of rotatable bonds is 6. The van der Waals surface area contributed by atoms with Crippen LogP contribution in [0.3, 0.4) is 0 Å². The summed E-state index contributed by atoms with van der Waals surface area (Å²) in [5, 5.41) is 1.93. The zero-order valence-corrected chi connectivity index (χ0v) is 20.6. The fourth-order valence-electron chi connectivity index (χ4n) is 3.67. The monoisotopic (exact) mass is 484 g/mol. The Kier molecular flexibility index (Phi) is 6.53. The van der Waals surface area contributed by atoms with Crippen molar-refractivity contribution >= 4 is 34.7 Å². The van der Waals surface area contributed by atoms with Gasteiger partial charge in [0.05, 0.1) is 36.1 Å². The van der Waals surface area contributed by atoms with Crippen LogP contribution in [-0.2, 0) is 9.53 Å². The molecule has 0 amide bonds. The van der Waals surface area contributed by atoms with Gasteiger partial charge in [0.1, 0.15) is 6.04 Å². The van der Waals surface area contributed by atoms with Crippen LogP contribution in [0.4, 0.5) is 0 Å². The highest BCUT2D eigenvalue weighted by molar-refractivity contribution is 7.10. The second-order valence-electron chi connectivity index (χ2n) is 7.67. The number of aromatic nitrogens is 1. The number of benzene rings is 1. The molecular formula is C24H24N2O5S2.